The summed E-state index contributed by atoms with van der Waals surface area (Å²) in [7, 11) is 0. The molecule has 118 valence electrons. The first-order chi connectivity index (χ1) is 11.2. The maximum absolute atomic E-state index is 13.4. The molecule has 2 aromatic carbocycles. The Bertz CT molecular complexity index is 746. The number of carbonyl (C=O) groups excluding carboxylic acids is 1. The topological polar surface area (TPSA) is 38.3 Å². The van der Waals surface area contributed by atoms with Gasteiger partial charge in [0.1, 0.15) is 5.82 Å². The molecular formula is C19H18FNO2. The maximum atomic E-state index is 13.4. The van der Waals surface area contributed by atoms with Crippen LogP contribution in [0.25, 0.3) is 11.1 Å². The van der Waals surface area contributed by atoms with Gasteiger partial charge in [-0.25, -0.2) is 4.39 Å². The zero-order valence-electron chi connectivity index (χ0n) is 12.7. The van der Waals surface area contributed by atoms with Crippen LogP contribution in [0.4, 0.5) is 4.39 Å². The second-order valence-electron chi connectivity index (χ2n) is 6.27. The number of rotatable bonds is 3. The molecular weight excluding hydrogens is 293 g/mol. The standard InChI is InChI=1S/C19H18FNO2/c20-15-6-2-4-13(10-15)12-3-1-5-14(9-12)19(22)21-17-11-18-16(17)7-8-23-18/h1-6,9-10,16-18H,7-8,11H2,(H,21,22)/t16-,17+,18+/m0/s1. The first-order valence-electron chi connectivity index (χ1n) is 7.99. The molecule has 0 spiro atoms. The fourth-order valence-electron chi connectivity index (χ4n) is 3.52. The first kappa shape index (κ1) is 14.4. The van der Waals surface area contributed by atoms with Crippen LogP contribution in [0.1, 0.15) is 23.2 Å². The van der Waals surface area contributed by atoms with Crippen molar-refractivity contribution in [3.05, 3.63) is 59.9 Å². The summed E-state index contributed by atoms with van der Waals surface area (Å²) < 4.78 is 18.9. The van der Waals surface area contributed by atoms with E-state index in [1.165, 1.54) is 12.1 Å². The summed E-state index contributed by atoms with van der Waals surface area (Å²) in [5, 5.41) is 3.10. The van der Waals surface area contributed by atoms with E-state index in [2.05, 4.69) is 5.32 Å². The molecule has 1 aliphatic carbocycles. The monoisotopic (exact) mass is 311 g/mol. The van der Waals surface area contributed by atoms with E-state index >= 15 is 0 Å². The summed E-state index contributed by atoms with van der Waals surface area (Å²) in [4.78, 5) is 12.5. The van der Waals surface area contributed by atoms with E-state index in [9.17, 15) is 9.18 Å². The van der Waals surface area contributed by atoms with Gasteiger partial charge in [0.25, 0.3) is 5.91 Å². The largest absolute Gasteiger partial charge is 0.378 e. The third-order valence-electron chi connectivity index (χ3n) is 4.86. The van der Waals surface area contributed by atoms with Crippen molar-refractivity contribution < 1.29 is 13.9 Å². The Kier molecular flexibility index (Phi) is 3.62. The lowest BCUT2D eigenvalue weighted by molar-refractivity contribution is 0.00810. The van der Waals surface area contributed by atoms with E-state index in [0.29, 0.717) is 17.6 Å². The molecule has 1 N–H and O–H groups in total. The minimum atomic E-state index is -0.279. The number of hydrogen-bond acceptors (Lipinski definition) is 2. The summed E-state index contributed by atoms with van der Waals surface area (Å²) in [5.74, 6) is 0.114. The lowest BCUT2D eigenvalue weighted by Crippen LogP contribution is -2.53. The Morgan fingerprint density at radius 3 is 2.70 bits per heavy atom. The number of fused-ring (bicyclic) bond motifs is 1. The Balaban J connectivity index is 1.50. The SMILES string of the molecule is O=C(N[C@@H]1C[C@H]2OCC[C@@H]12)c1cccc(-c2cccc(F)c2)c1. The van der Waals surface area contributed by atoms with Gasteiger partial charge in [0, 0.05) is 24.1 Å². The van der Waals surface area contributed by atoms with Crippen LogP contribution >= 0.6 is 0 Å². The van der Waals surface area contributed by atoms with Crippen molar-refractivity contribution in [3.8, 4) is 11.1 Å². The van der Waals surface area contributed by atoms with Crippen LogP contribution in [0, 0.1) is 11.7 Å². The Labute approximate surface area is 134 Å². The van der Waals surface area contributed by atoms with Gasteiger partial charge in [-0.2, -0.15) is 0 Å². The van der Waals surface area contributed by atoms with E-state index < -0.39 is 0 Å². The van der Waals surface area contributed by atoms with E-state index in [1.807, 2.05) is 24.3 Å². The van der Waals surface area contributed by atoms with Crippen LogP contribution in [0.2, 0.25) is 0 Å². The fraction of sp³-hybridized carbons (Fsp3) is 0.316. The van der Waals surface area contributed by atoms with Gasteiger partial charge in [0.05, 0.1) is 6.10 Å². The van der Waals surface area contributed by atoms with Gasteiger partial charge in [-0.1, -0.05) is 24.3 Å². The fourth-order valence-corrected chi connectivity index (χ4v) is 3.52. The minimum Gasteiger partial charge on any atom is -0.378 e. The van der Waals surface area contributed by atoms with E-state index in [1.54, 1.807) is 12.1 Å². The number of halogens is 1. The molecule has 4 heteroatoms. The molecule has 2 fully saturated rings. The van der Waals surface area contributed by atoms with E-state index in [-0.39, 0.29) is 17.8 Å². The zero-order valence-corrected chi connectivity index (χ0v) is 12.7. The van der Waals surface area contributed by atoms with Crippen LogP contribution < -0.4 is 5.32 Å². The molecule has 0 aromatic heterocycles. The molecule has 23 heavy (non-hydrogen) atoms. The van der Waals surface area contributed by atoms with Crippen molar-refractivity contribution in [1.82, 2.24) is 5.32 Å². The molecule has 1 aliphatic heterocycles. The molecule has 2 aromatic rings. The van der Waals surface area contributed by atoms with Crippen LogP contribution in [-0.4, -0.2) is 24.7 Å². The highest BCUT2D eigenvalue weighted by molar-refractivity contribution is 5.95. The highest BCUT2D eigenvalue weighted by Gasteiger charge is 2.45. The summed E-state index contributed by atoms with van der Waals surface area (Å²) in [6.45, 7) is 0.802. The molecule has 0 bridgehead atoms. The van der Waals surface area contributed by atoms with Crippen LogP contribution in [0.15, 0.2) is 48.5 Å². The first-order valence-corrected chi connectivity index (χ1v) is 7.99. The third kappa shape index (κ3) is 2.75. The van der Waals surface area contributed by atoms with Crippen LogP contribution in [0.3, 0.4) is 0 Å². The van der Waals surface area contributed by atoms with Crippen molar-refractivity contribution in [2.24, 2.45) is 5.92 Å². The summed E-state index contributed by atoms with van der Waals surface area (Å²) >= 11 is 0. The lowest BCUT2D eigenvalue weighted by Gasteiger charge is -2.39. The zero-order chi connectivity index (χ0) is 15.8. The number of benzene rings is 2. The molecule has 3 nitrogen and oxygen atoms in total. The number of nitrogens with one attached hydrogen (secondary N) is 1. The highest BCUT2D eigenvalue weighted by Crippen LogP contribution is 2.38. The molecule has 1 amide bonds. The number of hydrogen-bond donors (Lipinski definition) is 1. The summed E-state index contributed by atoms with van der Waals surface area (Å²) in [6, 6.07) is 13.9. The maximum Gasteiger partial charge on any atom is 0.251 e. The van der Waals surface area contributed by atoms with Crippen molar-refractivity contribution in [2.75, 3.05) is 6.61 Å². The molecule has 1 saturated heterocycles. The van der Waals surface area contributed by atoms with E-state index in [0.717, 1.165) is 30.6 Å². The highest BCUT2D eigenvalue weighted by atomic mass is 19.1. The van der Waals surface area contributed by atoms with Gasteiger partial charge in [-0.05, 0) is 48.2 Å². The van der Waals surface area contributed by atoms with Gasteiger partial charge in [-0.3, -0.25) is 4.79 Å². The third-order valence-corrected chi connectivity index (χ3v) is 4.86. The molecule has 1 saturated carbocycles. The molecule has 4 rings (SSSR count). The lowest BCUT2D eigenvalue weighted by atomic mass is 9.76. The quantitative estimate of drug-likeness (QED) is 0.943. The second kappa shape index (κ2) is 5.78. The van der Waals surface area contributed by atoms with Crippen molar-refractivity contribution in [1.29, 1.82) is 0 Å². The van der Waals surface area contributed by atoms with Crippen molar-refractivity contribution in [2.45, 2.75) is 25.0 Å². The Morgan fingerprint density at radius 2 is 1.91 bits per heavy atom. The van der Waals surface area contributed by atoms with E-state index in [4.69, 9.17) is 4.74 Å². The molecule has 2 aliphatic rings. The Hall–Kier alpha value is -2.20. The smallest absolute Gasteiger partial charge is 0.251 e. The van der Waals surface area contributed by atoms with Gasteiger partial charge >= 0.3 is 0 Å². The minimum absolute atomic E-state index is 0.0707. The van der Waals surface area contributed by atoms with Crippen molar-refractivity contribution >= 4 is 5.91 Å². The average molecular weight is 311 g/mol. The predicted molar refractivity (Wildman–Crippen MR) is 85.6 cm³/mol. The van der Waals surface area contributed by atoms with Crippen molar-refractivity contribution in [3.63, 3.8) is 0 Å². The van der Waals surface area contributed by atoms with Crippen LogP contribution in [-0.2, 0) is 4.74 Å². The number of carbonyl (C=O) groups is 1. The number of amides is 1. The summed E-state index contributed by atoms with van der Waals surface area (Å²) in [6.07, 6.45) is 2.26. The predicted octanol–water partition coefficient (Wildman–Crippen LogP) is 3.40. The normalized spacial score (nSPS) is 25.5. The Morgan fingerprint density at radius 1 is 1.13 bits per heavy atom. The number of ether oxygens (including phenoxy) is 1. The van der Waals surface area contributed by atoms with Crippen LogP contribution in [0.5, 0.6) is 0 Å². The molecule has 1 heterocycles. The second-order valence-corrected chi connectivity index (χ2v) is 6.27. The van der Waals surface area contributed by atoms with Gasteiger partial charge in [0.15, 0.2) is 0 Å². The van der Waals surface area contributed by atoms with Gasteiger partial charge < -0.3 is 10.1 Å². The molecule has 0 unspecified atom stereocenters. The molecule has 0 radical (unpaired) electrons. The molecule has 3 atom stereocenters. The van der Waals surface area contributed by atoms with Gasteiger partial charge in [-0.15, -0.1) is 0 Å². The van der Waals surface area contributed by atoms with Gasteiger partial charge in [0.2, 0.25) is 0 Å². The average Bonchev–Trinajstić information content (AvgIpc) is 2.93. The summed E-state index contributed by atoms with van der Waals surface area (Å²) in [5.41, 5.74) is 2.22.